The maximum absolute atomic E-state index is 13.1. The van der Waals surface area contributed by atoms with Crippen LogP contribution in [0.5, 0.6) is 5.75 Å². The van der Waals surface area contributed by atoms with E-state index in [-0.39, 0.29) is 27.4 Å². The molecule has 0 aliphatic rings. The molecule has 34 heavy (non-hydrogen) atoms. The minimum atomic E-state index is -1.06. The number of ether oxygens (including phenoxy) is 2. The molecule has 0 spiro atoms. The van der Waals surface area contributed by atoms with Gasteiger partial charge in [-0.3, -0.25) is 14.9 Å². The third-order valence-electron chi connectivity index (χ3n) is 4.74. The van der Waals surface area contributed by atoms with Crippen LogP contribution in [0, 0.1) is 10.1 Å². The number of carbonyl (C=O) groups excluding carboxylic acids is 1. The Morgan fingerprint density at radius 1 is 1.24 bits per heavy atom. The van der Waals surface area contributed by atoms with Crippen LogP contribution in [0.4, 0.5) is 5.69 Å². The number of nitro groups is 1. The van der Waals surface area contributed by atoms with Crippen LogP contribution < -0.4 is 10.3 Å². The number of nitrogens with zero attached hydrogens (tertiary/aromatic N) is 4. The fourth-order valence-electron chi connectivity index (χ4n) is 3.09. The summed E-state index contributed by atoms with van der Waals surface area (Å²) in [5, 5.41) is 16.3. The van der Waals surface area contributed by atoms with E-state index in [1.54, 1.807) is 18.2 Å². The van der Waals surface area contributed by atoms with Crippen molar-refractivity contribution in [3.63, 3.8) is 0 Å². The fraction of sp³-hybridized carbons (Fsp3) is 0.273. The number of aromatic nitrogens is 2. The third-order valence-corrected chi connectivity index (χ3v) is 5.83. The lowest BCUT2D eigenvalue weighted by Gasteiger charge is -2.14. The smallest absolute Gasteiger partial charge is 0.346 e. The normalized spacial score (nSPS) is 12.3. The van der Waals surface area contributed by atoms with Crippen LogP contribution in [0.2, 0.25) is 0 Å². The molecular weight excluding hydrogens is 576 g/mol. The number of rotatable bonds is 7. The summed E-state index contributed by atoms with van der Waals surface area (Å²) in [6.07, 6.45) is 0.263. The molecule has 0 saturated carbocycles. The molecule has 1 atom stereocenters. The Balaban J connectivity index is 2.10. The minimum absolute atomic E-state index is 0.116. The van der Waals surface area contributed by atoms with Gasteiger partial charge >= 0.3 is 11.7 Å². The molecule has 0 aliphatic heterocycles. The Labute approximate surface area is 211 Å². The topological polar surface area (TPSA) is 126 Å². The van der Waals surface area contributed by atoms with E-state index >= 15 is 0 Å². The van der Waals surface area contributed by atoms with Crippen LogP contribution in [0.3, 0.4) is 0 Å². The second kappa shape index (κ2) is 10.4. The van der Waals surface area contributed by atoms with Crippen molar-refractivity contribution in [2.45, 2.75) is 32.8 Å². The number of nitro benzene ring substituents is 1. The zero-order chi connectivity index (χ0) is 25.2. The lowest BCUT2D eigenvalue weighted by atomic mass is 10.2. The lowest BCUT2D eigenvalue weighted by Crippen LogP contribution is -2.25. The van der Waals surface area contributed by atoms with Gasteiger partial charge in [-0.25, -0.2) is 9.78 Å². The first-order chi connectivity index (χ1) is 16.0. The van der Waals surface area contributed by atoms with E-state index in [1.165, 1.54) is 37.1 Å². The molecule has 178 valence electrons. The summed E-state index contributed by atoms with van der Waals surface area (Å²) in [5.74, 6) is -0.480. The molecule has 1 heterocycles. The summed E-state index contributed by atoms with van der Waals surface area (Å²) >= 11 is 6.61. The van der Waals surface area contributed by atoms with Gasteiger partial charge in [0.1, 0.15) is 5.82 Å². The molecule has 1 aromatic heterocycles. The Kier molecular flexibility index (Phi) is 7.82. The molecule has 0 unspecified atom stereocenters. The molecule has 10 nitrogen and oxygen atoms in total. The summed E-state index contributed by atoms with van der Waals surface area (Å²) < 4.78 is 12.2. The van der Waals surface area contributed by atoms with E-state index in [4.69, 9.17) is 4.74 Å². The Morgan fingerprint density at radius 3 is 2.56 bits per heavy atom. The molecule has 3 aromatic rings. The van der Waals surface area contributed by atoms with Crippen molar-refractivity contribution in [1.82, 2.24) is 9.66 Å². The molecule has 0 fully saturated rings. The molecule has 2 aromatic carbocycles. The number of esters is 1. The molecule has 3 rings (SSSR count). The second-order valence-electron chi connectivity index (χ2n) is 7.54. The van der Waals surface area contributed by atoms with Gasteiger partial charge < -0.3 is 9.47 Å². The van der Waals surface area contributed by atoms with Crippen molar-refractivity contribution < 1.29 is 19.2 Å². The predicted octanol–water partition coefficient (Wildman–Crippen LogP) is 4.78. The van der Waals surface area contributed by atoms with Crippen molar-refractivity contribution in [2.24, 2.45) is 5.10 Å². The van der Waals surface area contributed by atoms with Gasteiger partial charge in [-0.1, -0.05) is 29.8 Å². The van der Waals surface area contributed by atoms with E-state index in [0.717, 1.165) is 4.47 Å². The highest BCUT2D eigenvalue weighted by atomic mass is 79.9. The van der Waals surface area contributed by atoms with Crippen molar-refractivity contribution in [3.8, 4) is 5.75 Å². The van der Waals surface area contributed by atoms with E-state index in [9.17, 15) is 19.7 Å². The van der Waals surface area contributed by atoms with Crippen LogP contribution in [-0.4, -0.2) is 40.0 Å². The number of carbonyl (C=O) groups is 1. The second-order valence-corrected chi connectivity index (χ2v) is 9.31. The monoisotopic (exact) mass is 594 g/mol. The first-order valence-corrected chi connectivity index (χ1v) is 11.6. The van der Waals surface area contributed by atoms with Crippen LogP contribution in [0.1, 0.15) is 38.1 Å². The van der Waals surface area contributed by atoms with Crippen molar-refractivity contribution >= 4 is 60.6 Å². The summed E-state index contributed by atoms with van der Waals surface area (Å²) in [5.41, 5.74) is 0.116. The van der Waals surface area contributed by atoms with Gasteiger partial charge in [-0.2, -0.15) is 9.78 Å². The predicted molar refractivity (Wildman–Crippen MR) is 134 cm³/mol. The fourth-order valence-corrected chi connectivity index (χ4v) is 4.01. The van der Waals surface area contributed by atoms with Crippen LogP contribution in [-0.2, 0) is 9.53 Å². The standard InChI is InChI=1S/C22H20Br2N4O6/c1-11(2)20-26-17-6-5-14(23)9-15(17)21(29)27(20)25-10-13-7-16(24)19(18(8-13)28(31)32)34-12(3)22(30)33-4/h5-12H,1-4H3/t12-/m0/s1. The van der Waals surface area contributed by atoms with Gasteiger partial charge in [0.15, 0.2) is 6.10 Å². The molecular formula is C22H20Br2N4O6. The van der Waals surface area contributed by atoms with E-state index < -0.39 is 17.0 Å². The number of benzene rings is 2. The zero-order valence-corrected chi connectivity index (χ0v) is 21.8. The van der Waals surface area contributed by atoms with E-state index in [2.05, 4.69) is 46.7 Å². The van der Waals surface area contributed by atoms with Gasteiger partial charge in [0, 0.05) is 22.0 Å². The van der Waals surface area contributed by atoms with Gasteiger partial charge in [0.2, 0.25) is 5.75 Å². The van der Waals surface area contributed by atoms with Crippen LogP contribution in [0.15, 0.2) is 49.2 Å². The first kappa shape index (κ1) is 25.5. The summed E-state index contributed by atoms with van der Waals surface area (Å²) in [7, 11) is 1.19. The first-order valence-electron chi connectivity index (χ1n) is 10.0. The van der Waals surface area contributed by atoms with Gasteiger partial charge in [-0.05, 0) is 47.1 Å². The molecule has 0 N–H and O–H groups in total. The highest BCUT2D eigenvalue weighted by Gasteiger charge is 2.25. The zero-order valence-electron chi connectivity index (χ0n) is 18.6. The van der Waals surface area contributed by atoms with Crippen molar-refractivity contribution in [2.75, 3.05) is 7.11 Å². The molecule has 0 bridgehead atoms. The van der Waals surface area contributed by atoms with Gasteiger partial charge in [-0.15, -0.1) is 0 Å². The van der Waals surface area contributed by atoms with Crippen LogP contribution in [0.25, 0.3) is 10.9 Å². The van der Waals surface area contributed by atoms with Crippen molar-refractivity contribution in [1.29, 1.82) is 0 Å². The molecule has 0 saturated heterocycles. The number of fused-ring (bicyclic) bond motifs is 1. The molecule has 0 radical (unpaired) electrons. The Morgan fingerprint density at radius 2 is 1.94 bits per heavy atom. The van der Waals surface area contributed by atoms with E-state index in [1.807, 2.05) is 13.8 Å². The number of hydrogen-bond acceptors (Lipinski definition) is 8. The van der Waals surface area contributed by atoms with Gasteiger partial charge in [0.25, 0.3) is 5.56 Å². The quantitative estimate of drug-likeness (QED) is 0.166. The molecule has 0 aliphatic carbocycles. The average Bonchev–Trinajstić information content (AvgIpc) is 2.79. The SMILES string of the molecule is COC(=O)[C@H](C)Oc1c(Br)cc(C=Nn2c(C(C)C)nc3ccc(Br)cc3c2=O)cc1[N+](=O)[O-]. The third kappa shape index (κ3) is 5.33. The Hall–Kier alpha value is -3.12. The average molecular weight is 596 g/mol. The van der Waals surface area contributed by atoms with Gasteiger partial charge in [0.05, 0.1) is 33.6 Å². The molecule has 0 amide bonds. The number of halogens is 2. The maximum atomic E-state index is 13.1. The minimum Gasteiger partial charge on any atom is -0.471 e. The lowest BCUT2D eigenvalue weighted by molar-refractivity contribution is -0.386. The highest BCUT2D eigenvalue weighted by Crippen LogP contribution is 2.37. The number of hydrogen-bond donors (Lipinski definition) is 0. The van der Waals surface area contributed by atoms with E-state index in [0.29, 0.717) is 22.3 Å². The maximum Gasteiger partial charge on any atom is 0.346 e. The van der Waals surface area contributed by atoms with Crippen LogP contribution >= 0.6 is 31.9 Å². The van der Waals surface area contributed by atoms with Crippen molar-refractivity contribution in [3.05, 3.63) is 71.1 Å². The Bertz CT molecular complexity index is 1370. The highest BCUT2D eigenvalue weighted by molar-refractivity contribution is 9.10. The number of methoxy groups -OCH3 is 1. The largest absolute Gasteiger partial charge is 0.471 e. The summed E-state index contributed by atoms with van der Waals surface area (Å²) in [4.78, 5) is 40.4. The molecule has 12 heteroatoms. The summed E-state index contributed by atoms with van der Waals surface area (Å²) in [6, 6.07) is 7.97. The summed E-state index contributed by atoms with van der Waals surface area (Å²) in [6.45, 7) is 5.19.